The molecule has 5 aromatic carbocycles. The number of hydrogen-bond donors (Lipinski definition) is 0. The van der Waals surface area contributed by atoms with E-state index in [1.165, 1.54) is 49.1 Å². The van der Waals surface area contributed by atoms with Crippen LogP contribution in [0.4, 0.5) is 17.1 Å². The first-order valence-electron chi connectivity index (χ1n) is 14.0. The molecule has 0 atom stereocenters. The van der Waals surface area contributed by atoms with E-state index in [0.29, 0.717) is 0 Å². The summed E-state index contributed by atoms with van der Waals surface area (Å²) in [5.41, 5.74) is 10.9. The Morgan fingerprint density at radius 2 is 1.34 bits per heavy atom. The number of benzene rings is 5. The third-order valence-corrected chi connectivity index (χ3v) is 10.0. The zero-order chi connectivity index (χ0) is 27.3. The van der Waals surface area contributed by atoms with E-state index >= 15 is 0 Å². The second kappa shape index (κ2) is 8.12. The van der Waals surface area contributed by atoms with E-state index in [4.69, 9.17) is 4.74 Å². The molecule has 196 valence electrons. The highest BCUT2D eigenvalue weighted by Gasteiger charge is 2.36. The summed E-state index contributed by atoms with van der Waals surface area (Å²) in [6, 6.07) is 41.4. The van der Waals surface area contributed by atoms with Gasteiger partial charge in [-0.15, -0.1) is 11.3 Å². The van der Waals surface area contributed by atoms with Gasteiger partial charge in [0.25, 0.3) is 0 Å². The van der Waals surface area contributed by atoms with Crippen molar-refractivity contribution in [3.63, 3.8) is 0 Å². The fraction of sp³-hybridized carbons (Fsp3) is 0.0811. The van der Waals surface area contributed by atoms with Gasteiger partial charge in [-0.05, 0) is 76.7 Å². The van der Waals surface area contributed by atoms with Crippen LogP contribution in [0.1, 0.15) is 24.3 Å². The minimum atomic E-state index is -0.0111. The second-order valence-corrected chi connectivity index (χ2v) is 12.4. The van der Waals surface area contributed by atoms with E-state index in [2.05, 4.69) is 120 Å². The van der Waals surface area contributed by atoms with Crippen molar-refractivity contribution in [2.24, 2.45) is 0 Å². The van der Waals surface area contributed by atoms with Crippen LogP contribution < -0.4 is 9.64 Å². The summed E-state index contributed by atoms with van der Waals surface area (Å²) in [6.45, 7) is 4.72. The lowest BCUT2D eigenvalue weighted by Gasteiger charge is -2.32. The van der Waals surface area contributed by atoms with Crippen molar-refractivity contribution in [3.05, 3.63) is 131 Å². The Kier molecular flexibility index (Phi) is 4.55. The zero-order valence-corrected chi connectivity index (χ0v) is 23.6. The molecule has 3 nitrogen and oxygen atoms in total. The van der Waals surface area contributed by atoms with Gasteiger partial charge in [0, 0.05) is 26.8 Å². The number of para-hydroxylation sites is 5. The van der Waals surface area contributed by atoms with Crippen LogP contribution in [-0.2, 0) is 5.41 Å². The summed E-state index contributed by atoms with van der Waals surface area (Å²) in [6.07, 6.45) is 0. The van der Waals surface area contributed by atoms with Crippen LogP contribution in [0.25, 0.3) is 38.6 Å². The van der Waals surface area contributed by atoms with Crippen molar-refractivity contribution >= 4 is 50.2 Å². The van der Waals surface area contributed by atoms with Crippen LogP contribution in [0, 0.1) is 0 Å². The Bertz CT molecular complexity index is 2120. The molecule has 0 spiro atoms. The van der Waals surface area contributed by atoms with Gasteiger partial charge in [0.15, 0.2) is 11.5 Å². The van der Waals surface area contributed by atoms with Gasteiger partial charge in [0.05, 0.1) is 28.1 Å². The van der Waals surface area contributed by atoms with E-state index in [9.17, 15) is 0 Å². The van der Waals surface area contributed by atoms with Gasteiger partial charge in [-0.2, -0.15) is 0 Å². The Morgan fingerprint density at radius 3 is 2.10 bits per heavy atom. The Hall–Kier alpha value is -4.80. The summed E-state index contributed by atoms with van der Waals surface area (Å²) in [5, 5.41) is 4.86. The van der Waals surface area contributed by atoms with Crippen LogP contribution >= 0.6 is 11.3 Å². The molecule has 9 rings (SSSR count). The van der Waals surface area contributed by atoms with Crippen LogP contribution in [0.3, 0.4) is 0 Å². The molecule has 0 radical (unpaired) electrons. The predicted molar refractivity (Wildman–Crippen MR) is 171 cm³/mol. The van der Waals surface area contributed by atoms with Gasteiger partial charge in [-0.1, -0.05) is 74.5 Å². The largest absolute Gasteiger partial charge is 0.453 e. The molecule has 2 aliphatic heterocycles. The van der Waals surface area contributed by atoms with Crippen molar-refractivity contribution in [1.29, 1.82) is 0 Å². The molecule has 0 saturated heterocycles. The van der Waals surface area contributed by atoms with E-state index in [1.807, 2.05) is 35.6 Å². The number of nitrogens with zero attached hydrogens (tertiary/aromatic N) is 2. The van der Waals surface area contributed by atoms with E-state index < -0.39 is 0 Å². The maximum absolute atomic E-state index is 6.21. The minimum absolute atomic E-state index is 0.0111. The van der Waals surface area contributed by atoms with Gasteiger partial charge in [0.1, 0.15) is 0 Å². The minimum Gasteiger partial charge on any atom is -0.453 e. The molecule has 4 heteroatoms. The first-order valence-corrected chi connectivity index (χ1v) is 14.9. The highest BCUT2D eigenvalue weighted by atomic mass is 32.1. The molecule has 7 aromatic rings. The quantitative estimate of drug-likeness (QED) is 0.215. The van der Waals surface area contributed by atoms with Crippen molar-refractivity contribution < 1.29 is 4.74 Å². The molecule has 0 aliphatic carbocycles. The molecule has 0 bridgehead atoms. The van der Waals surface area contributed by atoms with Gasteiger partial charge in [-0.3, -0.25) is 0 Å². The lowest BCUT2D eigenvalue weighted by Crippen LogP contribution is -2.24. The Morgan fingerprint density at radius 1 is 0.634 bits per heavy atom. The lowest BCUT2D eigenvalue weighted by molar-refractivity contribution is 0.477. The summed E-state index contributed by atoms with van der Waals surface area (Å²) >= 11 is 1.86. The number of ether oxygens (including phenoxy) is 1. The number of rotatable bonds is 2. The highest BCUT2D eigenvalue weighted by molar-refractivity contribution is 7.10. The summed E-state index contributed by atoms with van der Waals surface area (Å²) in [7, 11) is 0. The van der Waals surface area contributed by atoms with Crippen LogP contribution in [0.15, 0.2) is 121 Å². The number of hydrogen-bond acceptors (Lipinski definition) is 3. The Balaban J connectivity index is 1.18. The molecule has 0 unspecified atom stereocenters. The first-order chi connectivity index (χ1) is 20.1. The number of fused-ring (bicyclic) bond motifs is 7. The highest BCUT2D eigenvalue weighted by Crippen LogP contribution is 2.51. The first kappa shape index (κ1) is 23.0. The van der Waals surface area contributed by atoms with Crippen LogP contribution in [-0.4, -0.2) is 4.57 Å². The van der Waals surface area contributed by atoms with Gasteiger partial charge in [-0.25, -0.2) is 0 Å². The smallest absolute Gasteiger partial charge is 0.151 e. The van der Waals surface area contributed by atoms with Crippen LogP contribution in [0.5, 0.6) is 11.5 Å². The molecular formula is C37H26N2OS. The molecule has 0 N–H and O–H groups in total. The van der Waals surface area contributed by atoms with Crippen molar-refractivity contribution in [2.45, 2.75) is 19.3 Å². The maximum atomic E-state index is 6.21. The van der Waals surface area contributed by atoms with Gasteiger partial charge < -0.3 is 14.2 Å². The maximum Gasteiger partial charge on any atom is 0.151 e. The fourth-order valence-electron chi connectivity index (χ4n) is 6.86. The van der Waals surface area contributed by atoms with E-state index in [1.54, 1.807) is 0 Å². The SMILES string of the molecule is CC1(C)c2sccc2-n2c3ccc(-c4ccc(N5c6ccccc6Oc6ccccc65)cc4)cc3c3cccc1c32. The second-order valence-electron chi connectivity index (χ2n) is 11.4. The molecule has 2 aromatic heterocycles. The molecule has 2 aliphatic rings. The normalized spacial score (nSPS) is 14.4. The third kappa shape index (κ3) is 3.08. The number of thiophene rings is 1. The molecular weight excluding hydrogens is 520 g/mol. The fourth-order valence-corrected chi connectivity index (χ4v) is 7.87. The van der Waals surface area contributed by atoms with E-state index in [0.717, 1.165) is 28.6 Å². The summed E-state index contributed by atoms with van der Waals surface area (Å²) in [5.74, 6) is 1.73. The summed E-state index contributed by atoms with van der Waals surface area (Å²) in [4.78, 5) is 3.72. The monoisotopic (exact) mass is 546 g/mol. The topological polar surface area (TPSA) is 17.4 Å². The molecule has 0 amide bonds. The number of aromatic nitrogens is 1. The third-order valence-electron chi connectivity index (χ3n) is 8.80. The molecule has 41 heavy (non-hydrogen) atoms. The van der Waals surface area contributed by atoms with Crippen molar-refractivity contribution in [3.8, 4) is 28.3 Å². The number of anilines is 3. The lowest BCUT2D eigenvalue weighted by atomic mass is 9.79. The standard InChI is InChI=1S/C37H26N2OS/c1-37(2)28-9-7-8-26-27-22-24(16-19-29(27)39(35(26)28)32-20-21-41-36(32)37)23-14-17-25(18-15-23)38-30-10-3-5-12-33(30)40-34-13-6-4-11-31(34)38/h3-22H,1-2H3. The average molecular weight is 547 g/mol. The zero-order valence-electron chi connectivity index (χ0n) is 22.8. The molecule has 4 heterocycles. The molecule has 0 fully saturated rings. The Labute approximate surface area is 242 Å². The van der Waals surface area contributed by atoms with Crippen molar-refractivity contribution in [1.82, 2.24) is 4.57 Å². The predicted octanol–water partition coefficient (Wildman–Crippen LogP) is 10.7. The van der Waals surface area contributed by atoms with E-state index in [-0.39, 0.29) is 5.41 Å². The van der Waals surface area contributed by atoms with Gasteiger partial charge >= 0.3 is 0 Å². The van der Waals surface area contributed by atoms with Gasteiger partial charge in [0.2, 0.25) is 0 Å². The van der Waals surface area contributed by atoms with Crippen molar-refractivity contribution in [2.75, 3.05) is 4.90 Å². The van der Waals surface area contributed by atoms with Crippen LogP contribution in [0.2, 0.25) is 0 Å². The molecule has 0 saturated carbocycles. The average Bonchev–Trinajstić information content (AvgIpc) is 3.63. The summed E-state index contributed by atoms with van der Waals surface area (Å²) < 4.78 is 8.69.